The third-order valence-electron chi connectivity index (χ3n) is 5.03. The first-order chi connectivity index (χ1) is 12.5. The Hall–Kier alpha value is -2.63. The van der Waals surface area contributed by atoms with Gasteiger partial charge in [-0.25, -0.2) is 4.39 Å². The van der Waals surface area contributed by atoms with Crippen molar-refractivity contribution in [3.8, 4) is 0 Å². The first kappa shape index (κ1) is 16.8. The number of oxime groups is 1. The lowest BCUT2D eigenvalue weighted by molar-refractivity contribution is -0.141. The number of carbonyl (C=O) groups excluding carboxylic acids is 1. The van der Waals surface area contributed by atoms with E-state index in [4.69, 9.17) is 9.25 Å². The van der Waals surface area contributed by atoms with Gasteiger partial charge in [-0.05, 0) is 36.6 Å². The SMILES string of the molecule is C[C@@H]1C[C@H]1c1ccc(CN(C)C(=O)[C@H]2CC(c3cccc(F)c3)=NO2)o1. The second kappa shape index (κ2) is 6.59. The Balaban J connectivity index is 1.35. The number of benzene rings is 1. The highest BCUT2D eigenvalue weighted by Crippen LogP contribution is 2.47. The summed E-state index contributed by atoms with van der Waals surface area (Å²) >= 11 is 0. The molecule has 1 aliphatic carbocycles. The van der Waals surface area contributed by atoms with Crippen LogP contribution in [0.25, 0.3) is 0 Å². The maximum Gasteiger partial charge on any atom is 0.267 e. The molecule has 1 amide bonds. The van der Waals surface area contributed by atoms with Crippen LogP contribution in [0.2, 0.25) is 0 Å². The monoisotopic (exact) mass is 356 g/mol. The maximum atomic E-state index is 13.4. The summed E-state index contributed by atoms with van der Waals surface area (Å²) < 4.78 is 19.2. The van der Waals surface area contributed by atoms with Gasteiger partial charge in [-0.2, -0.15) is 0 Å². The van der Waals surface area contributed by atoms with E-state index in [0.717, 1.165) is 17.9 Å². The molecule has 2 aromatic rings. The average molecular weight is 356 g/mol. The fourth-order valence-corrected chi connectivity index (χ4v) is 3.30. The van der Waals surface area contributed by atoms with Crippen molar-refractivity contribution in [2.24, 2.45) is 11.1 Å². The minimum atomic E-state index is -0.684. The van der Waals surface area contributed by atoms with E-state index < -0.39 is 6.10 Å². The summed E-state index contributed by atoms with van der Waals surface area (Å²) in [6.07, 6.45) is 0.809. The number of carbonyl (C=O) groups is 1. The Morgan fingerprint density at radius 1 is 1.35 bits per heavy atom. The van der Waals surface area contributed by atoms with Crippen LogP contribution in [0.1, 0.15) is 42.8 Å². The molecular weight excluding hydrogens is 335 g/mol. The van der Waals surface area contributed by atoms with Crippen LogP contribution in [-0.2, 0) is 16.2 Å². The molecule has 0 unspecified atom stereocenters. The van der Waals surface area contributed by atoms with Gasteiger partial charge in [0, 0.05) is 24.9 Å². The summed E-state index contributed by atoms with van der Waals surface area (Å²) in [5.41, 5.74) is 1.22. The highest BCUT2D eigenvalue weighted by atomic mass is 19.1. The number of hydrogen-bond donors (Lipinski definition) is 0. The van der Waals surface area contributed by atoms with Crippen molar-refractivity contribution < 1.29 is 18.4 Å². The first-order valence-corrected chi connectivity index (χ1v) is 8.83. The molecule has 1 fully saturated rings. The molecule has 5 nitrogen and oxygen atoms in total. The lowest BCUT2D eigenvalue weighted by Crippen LogP contribution is -2.36. The van der Waals surface area contributed by atoms with E-state index in [1.165, 1.54) is 12.1 Å². The fourth-order valence-electron chi connectivity index (χ4n) is 3.30. The summed E-state index contributed by atoms with van der Waals surface area (Å²) in [4.78, 5) is 19.5. The molecule has 0 spiro atoms. The van der Waals surface area contributed by atoms with Crippen LogP contribution < -0.4 is 0 Å². The van der Waals surface area contributed by atoms with E-state index in [0.29, 0.717) is 36.1 Å². The predicted molar refractivity (Wildman–Crippen MR) is 94.1 cm³/mol. The van der Waals surface area contributed by atoms with Crippen LogP contribution in [-0.4, -0.2) is 29.7 Å². The number of hydrogen-bond acceptors (Lipinski definition) is 4. The maximum absolute atomic E-state index is 13.4. The molecule has 4 rings (SSSR count). The van der Waals surface area contributed by atoms with Crippen molar-refractivity contribution >= 4 is 11.6 Å². The van der Waals surface area contributed by atoms with Crippen LogP contribution in [0.4, 0.5) is 4.39 Å². The average Bonchev–Trinajstić information content (AvgIpc) is 3.05. The van der Waals surface area contributed by atoms with Crippen molar-refractivity contribution in [3.05, 3.63) is 59.3 Å². The second-order valence-corrected chi connectivity index (χ2v) is 7.16. The van der Waals surface area contributed by atoms with Gasteiger partial charge in [0.25, 0.3) is 5.91 Å². The molecule has 26 heavy (non-hydrogen) atoms. The van der Waals surface area contributed by atoms with E-state index in [2.05, 4.69) is 12.1 Å². The Kier molecular flexibility index (Phi) is 4.26. The third kappa shape index (κ3) is 3.36. The standard InChI is InChI=1S/C20H21FN2O3/c1-12-8-16(12)18-7-6-15(25-18)11-23(2)20(24)19-10-17(22-26-19)13-4-3-5-14(21)9-13/h3-7,9,12,16,19H,8,10-11H2,1-2H3/t12-,16-,19-/m1/s1. The van der Waals surface area contributed by atoms with Gasteiger partial charge in [0.05, 0.1) is 12.3 Å². The zero-order chi connectivity index (χ0) is 18.3. The topological polar surface area (TPSA) is 55.0 Å². The molecule has 0 saturated heterocycles. The zero-order valence-corrected chi connectivity index (χ0v) is 14.8. The van der Waals surface area contributed by atoms with Gasteiger partial charge in [-0.15, -0.1) is 0 Å². The number of halogens is 1. The summed E-state index contributed by atoms with van der Waals surface area (Å²) in [5, 5.41) is 3.96. The number of rotatable bonds is 5. The molecule has 0 bridgehead atoms. The van der Waals surface area contributed by atoms with Crippen molar-refractivity contribution in [2.75, 3.05) is 7.05 Å². The number of likely N-dealkylation sites (N-methyl/N-ethyl adjacent to an activating group) is 1. The minimum absolute atomic E-state index is 0.169. The number of furan rings is 1. The van der Waals surface area contributed by atoms with Crippen molar-refractivity contribution in [3.63, 3.8) is 0 Å². The van der Waals surface area contributed by atoms with Gasteiger partial charge >= 0.3 is 0 Å². The molecule has 0 N–H and O–H groups in total. The van der Waals surface area contributed by atoms with Gasteiger partial charge in [-0.1, -0.05) is 24.2 Å². The minimum Gasteiger partial charge on any atom is -0.464 e. The van der Waals surface area contributed by atoms with Crippen LogP contribution in [0, 0.1) is 11.7 Å². The van der Waals surface area contributed by atoms with E-state index in [1.54, 1.807) is 24.1 Å². The lowest BCUT2D eigenvalue weighted by Gasteiger charge is -2.18. The summed E-state index contributed by atoms with van der Waals surface area (Å²) in [6, 6.07) is 10.1. The molecule has 1 aliphatic heterocycles. The zero-order valence-electron chi connectivity index (χ0n) is 14.8. The highest BCUT2D eigenvalue weighted by molar-refractivity contribution is 6.04. The van der Waals surface area contributed by atoms with Crippen LogP contribution in [0.5, 0.6) is 0 Å². The molecule has 3 atom stereocenters. The Morgan fingerprint density at radius 2 is 2.15 bits per heavy atom. The first-order valence-electron chi connectivity index (χ1n) is 8.83. The van der Waals surface area contributed by atoms with Gasteiger partial charge in [0.2, 0.25) is 6.10 Å². The Bertz CT molecular complexity index is 860. The van der Waals surface area contributed by atoms with Crippen LogP contribution in [0.15, 0.2) is 46.0 Å². The molecule has 1 saturated carbocycles. The highest BCUT2D eigenvalue weighted by Gasteiger charge is 2.37. The molecule has 0 radical (unpaired) electrons. The molecule has 2 heterocycles. The lowest BCUT2D eigenvalue weighted by atomic mass is 10.0. The molecule has 1 aromatic carbocycles. The van der Waals surface area contributed by atoms with E-state index in [-0.39, 0.29) is 11.7 Å². The molecule has 136 valence electrons. The molecule has 6 heteroatoms. The molecular formula is C20H21FN2O3. The summed E-state index contributed by atoms with van der Waals surface area (Å²) in [5.74, 6) is 2.46. The second-order valence-electron chi connectivity index (χ2n) is 7.16. The normalized spacial score (nSPS) is 24.1. The van der Waals surface area contributed by atoms with Gasteiger partial charge < -0.3 is 14.2 Å². The smallest absolute Gasteiger partial charge is 0.267 e. The van der Waals surface area contributed by atoms with Crippen molar-refractivity contribution in [2.45, 2.75) is 38.3 Å². The largest absolute Gasteiger partial charge is 0.464 e. The summed E-state index contributed by atoms with van der Waals surface area (Å²) in [6.45, 7) is 2.59. The number of nitrogens with zero attached hydrogens (tertiary/aromatic N) is 2. The quantitative estimate of drug-likeness (QED) is 0.821. The van der Waals surface area contributed by atoms with Gasteiger partial charge in [0.1, 0.15) is 17.3 Å². The van der Waals surface area contributed by atoms with Crippen molar-refractivity contribution in [1.29, 1.82) is 0 Å². The third-order valence-corrected chi connectivity index (χ3v) is 5.03. The molecule has 2 aliphatic rings. The van der Waals surface area contributed by atoms with Gasteiger partial charge in [-0.3, -0.25) is 4.79 Å². The number of amides is 1. The predicted octanol–water partition coefficient (Wildman–Crippen LogP) is 3.69. The van der Waals surface area contributed by atoms with Crippen molar-refractivity contribution in [1.82, 2.24) is 4.90 Å². The van der Waals surface area contributed by atoms with Gasteiger partial charge in [0.15, 0.2) is 0 Å². The van der Waals surface area contributed by atoms with E-state index in [1.807, 2.05) is 12.1 Å². The van der Waals surface area contributed by atoms with Crippen LogP contribution in [0.3, 0.4) is 0 Å². The van der Waals surface area contributed by atoms with E-state index in [9.17, 15) is 9.18 Å². The summed E-state index contributed by atoms with van der Waals surface area (Å²) in [7, 11) is 1.72. The van der Waals surface area contributed by atoms with Crippen LogP contribution >= 0.6 is 0 Å². The Morgan fingerprint density at radius 3 is 2.88 bits per heavy atom. The molecule has 1 aromatic heterocycles. The van der Waals surface area contributed by atoms with E-state index >= 15 is 0 Å². The Labute approximate surface area is 151 Å². The fraction of sp³-hybridized carbons (Fsp3) is 0.400.